The lowest BCUT2D eigenvalue weighted by atomic mass is 10.2. The highest BCUT2D eigenvalue weighted by atomic mass is 35.5. The van der Waals surface area contributed by atoms with Gasteiger partial charge in [-0.05, 0) is 18.0 Å². The summed E-state index contributed by atoms with van der Waals surface area (Å²) >= 11 is 6.02. The standard InChI is InChI=1S/C13H22ClN5O2/c1-3-4-10(9-20-2)15-12-16-11(14)17-13(18-12)19-5-7-21-8-6-19/h10H,3-9H2,1-2H3,(H,15,16,17,18). The van der Waals surface area contributed by atoms with Gasteiger partial charge in [-0.2, -0.15) is 15.0 Å². The molecule has 0 spiro atoms. The number of aromatic nitrogens is 3. The van der Waals surface area contributed by atoms with Gasteiger partial charge in [-0.3, -0.25) is 0 Å². The van der Waals surface area contributed by atoms with E-state index in [1.54, 1.807) is 7.11 Å². The number of nitrogens with one attached hydrogen (secondary N) is 1. The highest BCUT2D eigenvalue weighted by Crippen LogP contribution is 2.16. The van der Waals surface area contributed by atoms with E-state index in [2.05, 4.69) is 27.2 Å². The summed E-state index contributed by atoms with van der Waals surface area (Å²) in [6, 6.07) is 0.163. The average molecular weight is 316 g/mol. The lowest BCUT2D eigenvalue weighted by Gasteiger charge is -2.27. The van der Waals surface area contributed by atoms with Gasteiger partial charge < -0.3 is 19.7 Å². The van der Waals surface area contributed by atoms with Crippen molar-refractivity contribution >= 4 is 23.5 Å². The van der Waals surface area contributed by atoms with Crippen LogP contribution in [0, 0.1) is 0 Å². The summed E-state index contributed by atoms with van der Waals surface area (Å²) in [6.45, 7) is 5.60. The minimum Gasteiger partial charge on any atom is -0.383 e. The zero-order valence-electron chi connectivity index (χ0n) is 12.5. The zero-order valence-corrected chi connectivity index (χ0v) is 13.3. The van der Waals surface area contributed by atoms with E-state index in [1.165, 1.54) is 0 Å². The number of ether oxygens (including phenoxy) is 2. The average Bonchev–Trinajstić information content (AvgIpc) is 2.48. The van der Waals surface area contributed by atoms with Crippen LogP contribution in [-0.4, -0.2) is 61.0 Å². The van der Waals surface area contributed by atoms with Crippen molar-refractivity contribution in [2.45, 2.75) is 25.8 Å². The summed E-state index contributed by atoms with van der Waals surface area (Å²) in [5.74, 6) is 1.08. The van der Waals surface area contributed by atoms with Crippen molar-refractivity contribution in [1.82, 2.24) is 15.0 Å². The fourth-order valence-corrected chi connectivity index (χ4v) is 2.39. The molecular formula is C13H22ClN5O2. The van der Waals surface area contributed by atoms with E-state index >= 15 is 0 Å². The number of rotatable bonds is 7. The fourth-order valence-electron chi connectivity index (χ4n) is 2.24. The molecule has 1 aromatic heterocycles. The molecule has 0 radical (unpaired) electrons. The Labute approximate surface area is 130 Å². The Balaban J connectivity index is 2.09. The summed E-state index contributed by atoms with van der Waals surface area (Å²) in [6.07, 6.45) is 2.03. The van der Waals surface area contributed by atoms with Crippen molar-refractivity contribution in [3.05, 3.63) is 5.28 Å². The van der Waals surface area contributed by atoms with E-state index in [9.17, 15) is 0 Å². The minimum absolute atomic E-state index is 0.163. The van der Waals surface area contributed by atoms with Gasteiger partial charge in [0.25, 0.3) is 0 Å². The van der Waals surface area contributed by atoms with Crippen LogP contribution < -0.4 is 10.2 Å². The Hall–Kier alpha value is -1.18. The van der Waals surface area contributed by atoms with Crippen molar-refractivity contribution in [1.29, 1.82) is 0 Å². The maximum Gasteiger partial charge on any atom is 0.231 e. The second-order valence-corrected chi connectivity index (χ2v) is 5.25. The van der Waals surface area contributed by atoms with Gasteiger partial charge in [-0.15, -0.1) is 0 Å². The molecule has 1 aliphatic rings. The van der Waals surface area contributed by atoms with Gasteiger partial charge in [0.05, 0.1) is 25.9 Å². The molecule has 1 fully saturated rings. The monoisotopic (exact) mass is 315 g/mol. The molecule has 0 aromatic carbocycles. The Kier molecular flexibility index (Phi) is 6.41. The molecule has 1 atom stereocenters. The molecule has 1 N–H and O–H groups in total. The lowest BCUT2D eigenvalue weighted by Crippen LogP contribution is -2.37. The smallest absolute Gasteiger partial charge is 0.231 e. The van der Waals surface area contributed by atoms with E-state index in [0.29, 0.717) is 31.7 Å². The molecule has 0 saturated carbocycles. The van der Waals surface area contributed by atoms with E-state index in [4.69, 9.17) is 21.1 Å². The highest BCUT2D eigenvalue weighted by Gasteiger charge is 2.17. The second-order valence-electron chi connectivity index (χ2n) is 4.91. The summed E-state index contributed by atoms with van der Waals surface area (Å²) in [7, 11) is 1.68. The van der Waals surface area contributed by atoms with Crippen LogP contribution in [0.15, 0.2) is 0 Å². The molecule has 0 aliphatic carbocycles. The quantitative estimate of drug-likeness (QED) is 0.819. The molecular weight excluding hydrogens is 294 g/mol. The third-order valence-corrected chi connectivity index (χ3v) is 3.40. The largest absolute Gasteiger partial charge is 0.383 e. The normalized spacial score (nSPS) is 16.8. The summed E-state index contributed by atoms with van der Waals surface area (Å²) in [5.41, 5.74) is 0. The van der Waals surface area contributed by atoms with Crippen molar-refractivity contribution in [3.63, 3.8) is 0 Å². The van der Waals surface area contributed by atoms with Gasteiger partial charge in [-0.1, -0.05) is 13.3 Å². The van der Waals surface area contributed by atoms with Crippen molar-refractivity contribution < 1.29 is 9.47 Å². The first-order chi connectivity index (χ1) is 10.2. The van der Waals surface area contributed by atoms with Crippen LogP contribution in [0.4, 0.5) is 11.9 Å². The third-order valence-electron chi connectivity index (χ3n) is 3.23. The Morgan fingerprint density at radius 3 is 2.76 bits per heavy atom. The topological polar surface area (TPSA) is 72.4 Å². The number of hydrogen-bond acceptors (Lipinski definition) is 7. The molecule has 0 bridgehead atoms. The lowest BCUT2D eigenvalue weighted by molar-refractivity contribution is 0.122. The predicted octanol–water partition coefficient (Wildman–Crippen LogP) is 1.59. The number of methoxy groups -OCH3 is 1. The van der Waals surface area contributed by atoms with Crippen LogP contribution in [0.3, 0.4) is 0 Å². The van der Waals surface area contributed by atoms with E-state index in [1.807, 2.05) is 4.90 Å². The van der Waals surface area contributed by atoms with Gasteiger partial charge >= 0.3 is 0 Å². The van der Waals surface area contributed by atoms with Crippen LogP contribution in [0.2, 0.25) is 5.28 Å². The number of nitrogens with zero attached hydrogens (tertiary/aromatic N) is 4. The molecule has 1 unspecified atom stereocenters. The summed E-state index contributed by atoms with van der Waals surface area (Å²) < 4.78 is 10.5. The molecule has 8 heteroatoms. The van der Waals surface area contributed by atoms with Crippen LogP contribution in [-0.2, 0) is 9.47 Å². The minimum atomic E-state index is 0.163. The molecule has 7 nitrogen and oxygen atoms in total. The number of hydrogen-bond donors (Lipinski definition) is 1. The van der Waals surface area contributed by atoms with Gasteiger partial charge in [0.15, 0.2) is 0 Å². The first-order valence-corrected chi connectivity index (χ1v) is 7.60. The van der Waals surface area contributed by atoms with Crippen LogP contribution in [0.25, 0.3) is 0 Å². The Morgan fingerprint density at radius 2 is 2.10 bits per heavy atom. The SMILES string of the molecule is CCCC(COC)Nc1nc(Cl)nc(N2CCOCC2)n1. The Bertz CT molecular complexity index is 437. The molecule has 1 aromatic rings. The fraction of sp³-hybridized carbons (Fsp3) is 0.769. The maximum atomic E-state index is 6.02. The van der Waals surface area contributed by atoms with Gasteiger partial charge in [0, 0.05) is 20.2 Å². The molecule has 0 amide bonds. The molecule has 1 aliphatic heterocycles. The predicted molar refractivity (Wildman–Crippen MR) is 82.1 cm³/mol. The van der Waals surface area contributed by atoms with E-state index in [0.717, 1.165) is 25.9 Å². The highest BCUT2D eigenvalue weighted by molar-refractivity contribution is 6.28. The molecule has 2 rings (SSSR count). The van der Waals surface area contributed by atoms with E-state index < -0.39 is 0 Å². The Morgan fingerprint density at radius 1 is 1.33 bits per heavy atom. The van der Waals surface area contributed by atoms with Crippen LogP contribution >= 0.6 is 11.6 Å². The first kappa shape index (κ1) is 16.2. The van der Waals surface area contributed by atoms with Gasteiger partial charge in [0.2, 0.25) is 17.2 Å². The maximum absolute atomic E-state index is 6.02. The number of anilines is 2. The van der Waals surface area contributed by atoms with Crippen LogP contribution in [0.1, 0.15) is 19.8 Å². The summed E-state index contributed by atoms with van der Waals surface area (Å²) in [4.78, 5) is 14.9. The molecule has 1 saturated heterocycles. The zero-order chi connectivity index (χ0) is 15.1. The second kappa shape index (κ2) is 8.31. The van der Waals surface area contributed by atoms with E-state index in [-0.39, 0.29) is 11.3 Å². The van der Waals surface area contributed by atoms with Gasteiger partial charge in [0.1, 0.15) is 0 Å². The summed E-state index contributed by atoms with van der Waals surface area (Å²) in [5, 5.41) is 3.47. The van der Waals surface area contributed by atoms with Crippen molar-refractivity contribution in [2.75, 3.05) is 50.2 Å². The first-order valence-electron chi connectivity index (χ1n) is 7.22. The number of morpholine rings is 1. The van der Waals surface area contributed by atoms with Crippen molar-refractivity contribution in [2.24, 2.45) is 0 Å². The molecule has 118 valence electrons. The van der Waals surface area contributed by atoms with Crippen LogP contribution in [0.5, 0.6) is 0 Å². The number of halogens is 1. The third kappa shape index (κ3) is 4.94. The molecule has 2 heterocycles. The van der Waals surface area contributed by atoms with Crippen molar-refractivity contribution in [3.8, 4) is 0 Å². The van der Waals surface area contributed by atoms with Gasteiger partial charge in [-0.25, -0.2) is 0 Å². The molecule has 21 heavy (non-hydrogen) atoms.